The second-order valence-electron chi connectivity index (χ2n) is 8.83. The van der Waals surface area contributed by atoms with E-state index in [0.717, 1.165) is 36.0 Å². The lowest BCUT2D eigenvalue weighted by Crippen LogP contribution is -2.46. The first-order valence-corrected chi connectivity index (χ1v) is 11.2. The molecule has 1 N–H and O–H groups in total. The summed E-state index contributed by atoms with van der Waals surface area (Å²) in [6.45, 7) is 5.29. The van der Waals surface area contributed by atoms with E-state index in [9.17, 15) is 0 Å². The van der Waals surface area contributed by atoms with Gasteiger partial charge in [0.15, 0.2) is 0 Å². The highest BCUT2D eigenvalue weighted by Crippen LogP contribution is 2.52. The molecular weight excluding hydrogens is 434 g/mol. The molecule has 152 valence electrons. The monoisotopic (exact) mass is 458 g/mol. The molecule has 1 fully saturated rings. The normalized spacial score (nSPS) is 23.3. The molecule has 0 bridgehead atoms. The fourth-order valence-corrected chi connectivity index (χ4v) is 5.47. The summed E-state index contributed by atoms with van der Waals surface area (Å²) in [6.07, 6.45) is 4.39. The lowest BCUT2D eigenvalue weighted by Gasteiger charge is -2.43. The topological polar surface area (TPSA) is 19.0 Å². The van der Waals surface area contributed by atoms with E-state index < -0.39 is 17.7 Å². The van der Waals surface area contributed by atoms with Crippen molar-refractivity contribution in [2.45, 2.75) is 51.6 Å². The Hall–Kier alpha value is -1.72. The van der Waals surface area contributed by atoms with Crippen LogP contribution in [0.15, 0.2) is 40.9 Å². The standard InChI is InChI=1S/C24H25BrF2N2/c1-3-24(8-9-24)13-29-14(2)10-17-16-6-4-5-7-20(16)28-22(17)23(29)21-18(26)11-15(25)12-19(21)27/h4-7,11-12,14,23,28H,3,8-10,13H2,1-2H3/t14-,23-/m1/s1. The molecule has 0 amide bonds. The number of aromatic nitrogens is 1. The Morgan fingerprint density at radius 3 is 2.52 bits per heavy atom. The predicted molar refractivity (Wildman–Crippen MR) is 116 cm³/mol. The molecule has 5 rings (SSSR count). The lowest BCUT2D eigenvalue weighted by molar-refractivity contribution is 0.110. The van der Waals surface area contributed by atoms with E-state index in [0.29, 0.717) is 9.89 Å². The fourth-order valence-electron chi connectivity index (χ4n) is 5.07. The number of fused-ring (bicyclic) bond motifs is 3. The molecule has 0 spiro atoms. The molecule has 2 heterocycles. The van der Waals surface area contributed by atoms with Gasteiger partial charge in [0.2, 0.25) is 0 Å². The van der Waals surface area contributed by atoms with Gasteiger partial charge in [0, 0.05) is 39.2 Å². The number of para-hydroxylation sites is 1. The van der Waals surface area contributed by atoms with Crippen molar-refractivity contribution >= 4 is 26.8 Å². The van der Waals surface area contributed by atoms with Crippen LogP contribution in [0.25, 0.3) is 10.9 Å². The lowest BCUT2D eigenvalue weighted by atomic mass is 9.86. The molecule has 0 radical (unpaired) electrons. The number of H-pyrrole nitrogens is 1. The van der Waals surface area contributed by atoms with Gasteiger partial charge >= 0.3 is 0 Å². The van der Waals surface area contributed by atoms with Crippen LogP contribution in [0.4, 0.5) is 8.78 Å². The average molecular weight is 459 g/mol. The van der Waals surface area contributed by atoms with Crippen molar-refractivity contribution in [3.63, 3.8) is 0 Å². The van der Waals surface area contributed by atoms with E-state index in [-0.39, 0.29) is 11.6 Å². The van der Waals surface area contributed by atoms with Crippen LogP contribution in [0.2, 0.25) is 0 Å². The van der Waals surface area contributed by atoms with Gasteiger partial charge in [-0.2, -0.15) is 0 Å². The van der Waals surface area contributed by atoms with Gasteiger partial charge in [-0.25, -0.2) is 8.78 Å². The minimum absolute atomic E-state index is 0.152. The van der Waals surface area contributed by atoms with Crippen LogP contribution in [-0.4, -0.2) is 22.5 Å². The summed E-state index contributed by atoms with van der Waals surface area (Å²) in [7, 11) is 0. The molecule has 2 nitrogen and oxygen atoms in total. The maximum absolute atomic E-state index is 15.2. The van der Waals surface area contributed by atoms with Gasteiger partial charge in [0.1, 0.15) is 11.6 Å². The Morgan fingerprint density at radius 1 is 1.17 bits per heavy atom. The third-order valence-corrected chi connectivity index (χ3v) is 7.52. The maximum atomic E-state index is 15.2. The highest BCUT2D eigenvalue weighted by Gasteiger charge is 2.47. The molecule has 2 atom stereocenters. The summed E-state index contributed by atoms with van der Waals surface area (Å²) in [5.41, 5.74) is 3.61. The molecule has 2 aliphatic rings. The zero-order valence-electron chi connectivity index (χ0n) is 16.7. The van der Waals surface area contributed by atoms with Gasteiger partial charge in [0.05, 0.1) is 6.04 Å². The molecule has 0 saturated heterocycles. The summed E-state index contributed by atoms with van der Waals surface area (Å²) in [5.74, 6) is -0.987. The number of rotatable bonds is 4. The third kappa shape index (κ3) is 3.14. The van der Waals surface area contributed by atoms with Gasteiger partial charge in [-0.15, -0.1) is 0 Å². The van der Waals surface area contributed by atoms with Gasteiger partial charge < -0.3 is 4.98 Å². The number of nitrogens with zero attached hydrogens (tertiary/aromatic N) is 1. The summed E-state index contributed by atoms with van der Waals surface area (Å²) >= 11 is 3.23. The Kier molecular flexibility index (Phi) is 4.59. The zero-order chi connectivity index (χ0) is 20.3. The second kappa shape index (κ2) is 6.92. The third-order valence-electron chi connectivity index (χ3n) is 7.06. The van der Waals surface area contributed by atoms with Gasteiger partial charge in [-0.05, 0) is 61.8 Å². The van der Waals surface area contributed by atoms with Crippen molar-refractivity contribution in [2.24, 2.45) is 5.41 Å². The largest absolute Gasteiger partial charge is 0.357 e. The number of hydrogen-bond donors (Lipinski definition) is 1. The first-order valence-electron chi connectivity index (χ1n) is 10.4. The summed E-state index contributed by atoms with van der Waals surface area (Å²) in [6, 6.07) is 10.7. The van der Waals surface area contributed by atoms with Crippen molar-refractivity contribution in [1.29, 1.82) is 0 Å². The Bertz CT molecular complexity index is 1060. The van der Waals surface area contributed by atoms with Crippen LogP contribution in [0.5, 0.6) is 0 Å². The van der Waals surface area contributed by atoms with Crippen LogP contribution in [-0.2, 0) is 6.42 Å². The first-order chi connectivity index (χ1) is 13.9. The Labute approximate surface area is 178 Å². The Balaban J connectivity index is 1.72. The van der Waals surface area contributed by atoms with Crippen LogP contribution in [0.1, 0.15) is 56.0 Å². The predicted octanol–water partition coefficient (Wildman–Crippen LogP) is 6.73. The summed E-state index contributed by atoms with van der Waals surface area (Å²) in [4.78, 5) is 5.86. The molecular formula is C24H25BrF2N2. The van der Waals surface area contributed by atoms with Gasteiger partial charge in [0.25, 0.3) is 0 Å². The quantitative estimate of drug-likeness (QED) is 0.458. The van der Waals surface area contributed by atoms with E-state index in [1.807, 2.05) is 18.2 Å². The van der Waals surface area contributed by atoms with Crippen molar-refractivity contribution in [1.82, 2.24) is 9.88 Å². The molecule has 0 unspecified atom stereocenters. The molecule has 3 aromatic rings. The van der Waals surface area contributed by atoms with Crippen molar-refractivity contribution in [3.05, 3.63) is 69.3 Å². The molecule has 1 aromatic heterocycles. The minimum atomic E-state index is -0.494. The van der Waals surface area contributed by atoms with E-state index in [2.05, 4.69) is 45.7 Å². The highest BCUT2D eigenvalue weighted by atomic mass is 79.9. The number of aromatic amines is 1. The number of hydrogen-bond acceptors (Lipinski definition) is 1. The zero-order valence-corrected chi connectivity index (χ0v) is 18.3. The fraction of sp³-hybridized carbons (Fsp3) is 0.417. The summed E-state index contributed by atoms with van der Waals surface area (Å²) in [5, 5.41) is 1.16. The van der Waals surface area contributed by atoms with Gasteiger partial charge in [-0.3, -0.25) is 4.90 Å². The molecule has 1 aliphatic heterocycles. The SMILES string of the molecule is CCC1(CN2[C@H](c3c(F)cc(Br)cc3F)c3[nH]c4ccccc4c3C[C@H]2C)CC1. The van der Waals surface area contributed by atoms with Crippen LogP contribution < -0.4 is 0 Å². The molecule has 29 heavy (non-hydrogen) atoms. The van der Waals surface area contributed by atoms with Crippen LogP contribution in [0.3, 0.4) is 0 Å². The summed E-state index contributed by atoms with van der Waals surface area (Å²) < 4.78 is 30.8. The first kappa shape index (κ1) is 19.3. The maximum Gasteiger partial charge on any atom is 0.132 e. The van der Waals surface area contributed by atoms with E-state index >= 15 is 8.78 Å². The van der Waals surface area contributed by atoms with E-state index in [4.69, 9.17) is 0 Å². The second-order valence-corrected chi connectivity index (χ2v) is 9.74. The van der Waals surface area contributed by atoms with Crippen molar-refractivity contribution in [3.8, 4) is 0 Å². The Morgan fingerprint density at radius 2 is 1.86 bits per heavy atom. The smallest absolute Gasteiger partial charge is 0.132 e. The van der Waals surface area contributed by atoms with E-state index in [1.54, 1.807) is 0 Å². The van der Waals surface area contributed by atoms with Crippen molar-refractivity contribution in [2.75, 3.05) is 6.54 Å². The van der Waals surface area contributed by atoms with Gasteiger partial charge in [-0.1, -0.05) is 41.1 Å². The number of nitrogens with one attached hydrogen (secondary N) is 1. The van der Waals surface area contributed by atoms with Crippen molar-refractivity contribution < 1.29 is 8.78 Å². The molecule has 5 heteroatoms. The van der Waals surface area contributed by atoms with E-state index in [1.165, 1.54) is 30.5 Å². The average Bonchev–Trinajstić information content (AvgIpc) is 3.37. The molecule has 1 saturated carbocycles. The number of halogens is 3. The molecule has 2 aromatic carbocycles. The molecule has 1 aliphatic carbocycles. The number of benzene rings is 2. The van der Waals surface area contributed by atoms with Crippen LogP contribution >= 0.6 is 15.9 Å². The highest BCUT2D eigenvalue weighted by molar-refractivity contribution is 9.10. The minimum Gasteiger partial charge on any atom is -0.357 e. The van der Waals surface area contributed by atoms with Crippen LogP contribution in [0, 0.1) is 17.0 Å².